The zero-order chi connectivity index (χ0) is 18.6. The Morgan fingerprint density at radius 1 is 1.27 bits per heavy atom. The van der Waals surface area contributed by atoms with Gasteiger partial charge in [0.15, 0.2) is 5.82 Å². The van der Waals surface area contributed by atoms with Crippen molar-refractivity contribution in [2.24, 2.45) is 0 Å². The zero-order valence-electron chi connectivity index (χ0n) is 15.8. The Kier molecular flexibility index (Phi) is 5.61. The Morgan fingerprint density at radius 3 is 2.77 bits per heavy atom. The Bertz CT molecular complexity index is 744. The van der Waals surface area contributed by atoms with E-state index in [1.165, 1.54) is 5.56 Å². The third kappa shape index (κ3) is 4.64. The molecular weight excluding hydrogens is 328 g/mol. The summed E-state index contributed by atoms with van der Waals surface area (Å²) in [7, 11) is 0. The summed E-state index contributed by atoms with van der Waals surface area (Å²) in [5.74, 6) is 1.46. The van der Waals surface area contributed by atoms with E-state index in [1.54, 1.807) is 0 Å². The highest BCUT2D eigenvalue weighted by atomic mass is 16.5. The van der Waals surface area contributed by atoms with Crippen LogP contribution in [-0.2, 0) is 23.2 Å². The Balaban J connectivity index is 1.41. The van der Waals surface area contributed by atoms with Gasteiger partial charge in [0.1, 0.15) is 5.75 Å². The van der Waals surface area contributed by atoms with Crippen LogP contribution in [0.4, 0.5) is 5.82 Å². The summed E-state index contributed by atoms with van der Waals surface area (Å²) in [5, 5.41) is 13.4. The summed E-state index contributed by atoms with van der Waals surface area (Å²) in [4.78, 5) is 12.1. The lowest BCUT2D eigenvalue weighted by Gasteiger charge is -2.19. The molecule has 2 heterocycles. The van der Waals surface area contributed by atoms with Crippen LogP contribution in [0.2, 0.25) is 0 Å². The van der Waals surface area contributed by atoms with Crippen LogP contribution < -0.4 is 15.4 Å². The molecule has 2 aromatic rings. The maximum absolute atomic E-state index is 12.1. The van der Waals surface area contributed by atoms with Crippen molar-refractivity contribution in [2.45, 2.75) is 52.0 Å². The van der Waals surface area contributed by atoms with Gasteiger partial charge in [-0.2, -0.15) is 5.10 Å². The van der Waals surface area contributed by atoms with E-state index in [2.05, 4.69) is 53.7 Å². The fourth-order valence-electron chi connectivity index (χ4n) is 3.00. The van der Waals surface area contributed by atoms with Crippen molar-refractivity contribution in [1.29, 1.82) is 0 Å². The molecule has 1 aromatic carbocycles. The topological polar surface area (TPSA) is 79.0 Å². The van der Waals surface area contributed by atoms with E-state index in [1.807, 2.05) is 12.1 Å². The number of hydrogen-bond donors (Lipinski definition) is 3. The van der Waals surface area contributed by atoms with Gasteiger partial charge in [-0.15, -0.1) is 0 Å². The lowest BCUT2D eigenvalue weighted by molar-refractivity contribution is -0.116. The molecule has 0 saturated heterocycles. The second-order valence-corrected chi connectivity index (χ2v) is 7.73. The highest BCUT2D eigenvalue weighted by molar-refractivity contribution is 5.90. The maximum Gasteiger partial charge on any atom is 0.225 e. The number of rotatable bonds is 6. The molecule has 3 N–H and O–H groups in total. The first-order valence-corrected chi connectivity index (χ1v) is 9.23. The SMILES string of the molecule is CC(C)(C)c1ccc(OCCCC(=O)Nc2n[nH]c3c2CNCC3)cc1. The van der Waals surface area contributed by atoms with E-state index in [4.69, 9.17) is 4.74 Å². The van der Waals surface area contributed by atoms with Crippen LogP contribution in [0.15, 0.2) is 24.3 Å². The molecule has 140 valence electrons. The molecule has 26 heavy (non-hydrogen) atoms. The number of nitrogens with zero attached hydrogens (tertiary/aromatic N) is 1. The third-order valence-corrected chi connectivity index (χ3v) is 4.60. The van der Waals surface area contributed by atoms with Crippen LogP contribution in [-0.4, -0.2) is 29.3 Å². The maximum atomic E-state index is 12.1. The molecule has 0 atom stereocenters. The minimum atomic E-state index is -0.0310. The van der Waals surface area contributed by atoms with Crippen molar-refractivity contribution in [2.75, 3.05) is 18.5 Å². The van der Waals surface area contributed by atoms with Gasteiger partial charge in [-0.3, -0.25) is 9.89 Å². The highest BCUT2D eigenvalue weighted by Crippen LogP contribution is 2.24. The second kappa shape index (κ2) is 7.91. The number of carbonyl (C=O) groups is 1. The molecule has 6 heteroatoms. The van der Waals surface area contributed by atoms with Crippen molar-refractivity contribution < 1.29 is 9.53 Å². The van der Waals surface area contributed by atoms with Gasteiger partial charge in [0, 0.05) is 37.2 Å². The van der Waals surface area contributed by atoms with E-state index in [9.17, 15) is 4.79 Å². The predicted octanol–water partition coefficient (Wildman–Crippen LogP) is 3.15. The fourth-order valence-corrected chi connectivity index (χ4v) is 3.00. The van der Waals surface area contributed by atoms with Gasteiger partial charge in [-0.1, -0.05) is 32.9 Å². The zero-order valence-corrected chi connectivity index (χ0v) is 15.8. The average Bonchev–Trinajstić information content (AvgIpc) is 3.01. The summed E-state index contributed by atoms with van der Waals surface area (Å²) in [6, 6.07) is 8.17. The molecule has 0 spiro atoms. The summed E-state index contributed by atoms with van der Waals surface area (Å²) in [5.41, 5.74) is 3.60. The number of aromatic nitrogens is 2. The molecule has 6 nitrogen and oxygen atoms in total. The van der Waals surface area contributed by atoms with Gasteiger partial charge < -0.3 is 15.4 Å². The standard InChI is InChI=1S/C20H28N4O2/c1-20(2,3)14-6-8-15(9-7-14)26-12-4-5-18(25)22-19-16-13-21-11-10-17(16)23-24-19/h6-9,21H,4-5,10-13H2,1-3H3,(H2,22,23,24,25). The molecule has 0 saturated carbocycles. The molecule has 0 aliphatic carbocycles. The number of carbonyl (C=O) groups excluding carboxylic acids is 1. The minimum Gasteiger partial charge on any atom is -0.494 e. The first-order chi connectivity index (χ1) is 12.4. The molecule has 1 aliphatic rings. The number of ether oxygens (including phenoxy) is 1. The van der Waals surface area contributed by atoms with Crippen LogP contribution in [0.25, 0.3) is 0 Å². The van der Waals surface area contributed by atoms with Crippen molar-refractivity contribution in [1.82, 2.24) is 15.5 Å². The Labute approximate surface area is 154 Å². The van der Waals surface area contributed by atoms with E-state index >= 15 is 0 Å². The normalized spacial score (nSPS) is 14.0. The van der Waals surface area contributed by atoms with Crippen molar-refractivity contribution in [3.05, 3.63) is 41.1 Å². The number of H-pyrrole nitrogens is 1. The van der Waals surface area contributed by atoms with Crippen molar-refractivity contribution in [3.8, 4) is 5.75 Å². The molecule has 0 bridgehead atoms. The number of nitrogens with one attached hydrogen (secondary N) is 3. The summed E-state index contributed by atoms with van der Waals surface area (Å²) in [6.07, 6.45) is 1.99. The monoisotopic (exact) mass is 356 g/mol. The first kappa shape index (κ1) is 18.5. The van der Waals surface area contributed by atoms with Gasteiger partial charge in [-0.05, 0) is 29.5 Å². The molecule has 0 unspecified atom stereocenters. The lowest BCUT2D eigenvalue weighted by atomic mass is 9.87. The number of amides is 1. The van der Waals surface area contributed by atoms with E-state index in [0.717, 1.165) is 36.5 Å². The second-order valence-electron chi connectivity index (χ2n) is 7.73. The molecule has 1 aliphatic heterocycles. The largest absolute Gasteiger partial charge is 0.494 e. The van der Waals surface area contributed by atoms with Gasteiger partial charge in [0.25, 0.3) is 0 Å². The number of hydrogen-bond acceptors (Lipinski definition) is 4. The number of anilines is 1. The van der Waals surface area contributed by atoms with E-state index in [0.29, 0.717) is 25.3 Å². The van der Waals surface area contributed by atoms with Crippen molar-refractivity contribution >= 4 is 11.7 Å². The summed E-state index contributed by atoms with van der Waals surface area (Å²) in [6.45, 7) is 8.77. The Morgan fingerprint density at radius 2 is 2.04 bits per heavy atom. The van der Waals surface area contributed by atoms with Crippen LogP contribution in [0.5, 0.6) is 5.75 Å². The smallest absolute Gasteiger partial charge is 0.225 e. The summed E-state index contributed by atoms with van der Waals surface area (Å²) >= 11 is 0. The van der Waals surface area contributed by atoms with Gasteiger partial charge in [0.2, 0.25) is 5.91 Å². The molecule has 1 aromatic heterocycles. The average molecular weight is 356 g/mol. The first-order valence-electron chi connectivity index (χ1n) is 9.23. The fraction of sp³-hybridized carbons (Fsp3) is 0.500. The van der Waals surface area contributed by atoms with Crippen LogP contribution in [0, 0.1) is 0 Å². The highest BCUT2D eigenvalue weighted by Gasteiger charge is 2.18. The number of aromatic amines is 1. The molecule has 0 radical (unpaired) electrons. The lowest BCUT2D eigenvalue weighted by Crippen LogP contribution is -2.24. The molecule has 0 fully saturated rings. The van der Waals surface area contributed by atoms with E-state index in [-0.39, 0.29) is 11.3 Å². The van der Waals surface area contributed by atoms with Crippen LogP contribution >= 0.6 is 0 Å². The number of benzene rings is 1. The van der Waals surface area contributed by atoms with Gasteiger partial charge in [0.05, 0.1) is 6.61 Å². The molecular formula is C20H28N4O2. The molecule has 1 amide bonds. The Hall–Kier alpha value is -2.34. The third-order valence-electron chi connectivity index (χ3n) is 4.60. The van der Waals surface area contributed by atoms with Crippen LogP contribution in [0.1, 0.15) is 50.4 Å². The van der Waals surface area contributed by atoms with E-state index < -0.39 is 0 Å². The molecule has 3 rings (SSSR count). The minimum absolute atomic E-state index is 0.0310. The summed E-state index contributed by atoms with van der Waals surface area (Å²) < 4.78 is 5.74. The number of fused-ring (bicyclic) bond motifs is 1. The van der Waals surface area contributed by atoms with Crippen LogP contribution in [0.3, 0.4) is 0 Å². The van der Waals surface area contributed by atoms with Gasteiger partial charge >= 0.3 is 0 Å². The van der Waals surface area contributed by atoms with Gasteiger partial charge in [-0.25, -0.2) is 0 Å². The van der Waals surface area contributed by atoms with Crippen molar-refractivity contribution in [3.63, 3.8) is 0 Å². The quantitative estimate of drug-likeness (QED) is 0.695. The predicted molar refractivity (Wildman–Crippen MR) is 102 cm³/mol.